The molecule has 0 atom stereocenters. The van der Waals surface area contributed by atoms with Crippen LogP contribution >= 0.6 is 0 Å². The molecule has 9 nitrogen and oxygen atoms in total. The number of rotatable bonds is 6. The van der Waals surface area contributed by atoms with Gasteiger partial charge in [-0.05, 0) is 35.9 Å². The molecule has 1 aliphatic heterocycles. The Morgan fingerprint density at radius 3 is 2.43 bits per heavy atom. The summed E-state index contributed by atoms with van der Waals surface area (Å²) < 4.78 is 7.24. The van der Waals surface area contributed by atoms with Crippen LogP contribution in [0.15, 0.2) is 67.0 Å². The van der Waals surface area contributed by atoms with Gasteiger partial charge in [0.1, 0.15) is 0 Å². The van der Waals surface area contributed by atoms with E-state index in [-0.39, 0.29) is 11.8 Å². The number of imidazole rings is 1. The smallest absolute Gasteiger partial charge is 0.254 e. The van der Waals surface area contributed by atoms with Crippen molar-refractivity contribution in [2.45, 2.75) is 0 Å². The van der Waals surface area contributed by atoms with Gasteiger partial charge in [-0.1, -0.05) is 24.3 Å². The average molecular weight is 498 g/mol. The highest BCUT2D eigenvalue weighted by Crippen LogP contribution is 2.31. The van der Waals surface area contributed by atoms with Crippen LogP contribution in [-0.2, 0) is 9.53 Å². The fraction of sp³-hybridized carbons (Fsp3) is 0.214. The lowest BCUT2D eigenvalue weighted by Crippen LogP contribution is -2.40. The fourth-order valence-electron chi connectivity index (χ4n) is 4.45. The summed E-state index contributed by atoms with van der Waals surface area (Å²) in [5.41, 5.74) is 5.62. The molecule has 37 heavy (non-hydrogen) atoms. The highest BCUT2D eigenvalue weighted by Gasteiger charge is 2.19. The van der Waals surface area contributed by atoms with Crippen molar-refractivity contribution in [2.24, 2.45) is 0 Å². The Labute approximate surface area is 214 Å². The van der Waals surface area contributed by atoms with Gasteiger partial charge in [-0.25, -0.2) is 4.98 Å². The number of pyridine rings is 1. The number of aromatic nitrogens is 2. The average Bonchev–Trinajstić information content (AvgIpc) is 3.37. The zero-order valence-corrected chi connectivity index (χ0v) is 20.7. The van der Waals surface area contributed by atoms with Crippen LogP contribution in [0.3, 0.4) is 0 Å². The highest BCUT2D eigenvalue weighted by atomic mass is 16.5. The first kappa shape index (κ1) is 24.2. The van der Waals surface area contributed by atoms with Gasteiger partial charge in [0.2, 0.25) is 6.41 Å². The summed E-state index contributed by atoms with van der Waals surface area (Å²) in [5.74, 6) is -0.107. The maximum atomic E-state index is 12.8. The Bertz CT molecular complexity index is 1470. The van der Waals surface area contributed by atoms with Gasteiger partial charge in [0.25, 0.3) is 11.8 Å². The SMILES string of the molecule is CN(C)C(=O)c1cccc(-c2cnc3c(NC=O)cc(-c4ccc(C(=O)N5CCOCC5)cc4)cn23)c1. The molecule has 0 radical (unpaired) electrons. The molecule has 4 aromatic rings. The largest absolute Gasteiger partial charge is 0.378 e. The molecule has 0 aliphatic carbocycles. The number of ether oxygens (including phenoxy) is 1. The Kier molecular flexibility index (Phi) is 6.70. The summed E-state index contributed by atoms with van der Waals surface area (Å²) in [6.45, 7) is 2.27. The van der Waals surface area contributed by atoms with E-state index >= 15 is 0 Å². The molecule has 9 heteroatoms. The quantitative estimate of drug-likeness (QED) is 0.412. The van der Waals surface area contributed by atoms with Crippen LogP contribution in [0.5, 0.6) is 0 Å². The van der Waals surface area contributed by atoms with Crippen molar-refractivity contribution in [3.05, 3.63) is 78.1 Å². The molecule has 1 saturated heterocycles. The number of nitrogens with zero attached hydrogens (tertiary/aromatic N) is 4. The molecule has 1 fully saturated rings. The van der Waals surface area contributed by atoms with Crippen LogP contribution in [0.4, 0.5) is 5.69 Å². The first-order valence-electron chi connectivity index (χ1n) is 12.0. The van der Waals surface area contributed by atoms with Gasteiger partial charge in [-0.15, -0.1) is 0 Å². The minimum atomic E-state index is -0.0913. The van der Waals surface area contributed by atoms with Gasteiger partial charge in [0.15, 0.2) is 5.65 Å². The number of benzene rings is 2. The molecule has 0 spiro atoms. The zero-order chi connectivity index (χ0) is 25.9. The lowest BCUT2D eigenvalue weighted by atomic mass is 10.0. The molecule has 1 aliphatic rings. The Hall–Kier alpha value is -4.50. The van der Waals surface area contributed by atoms with E-state index < -0.39 is 0 Å². The van der Waals surface area contributed by atoms with E-state index in [0.29, 0.717) is 55.2 Å². The van der Waals surface area contributed by atoms with E-state index in [4.69, 9.17) is 4.74 Å². The maximum Gasteiger partial charge on any atom is 0.254 e. The minimum Gasteiger partial charge on any atom is -0.378 e. The van der Waals surface area contributed by atoms with Crippen molar-refractivity contribution in [3.63, 3.8) is 0 Å². The molecule has 5 rings (SSSR count). The van der Waals surface area contributed by atoms with Crippen LogP contribution in [0.1, 0.15) is 20.7 Å². The van der Waals surface area contributed by atoms with Crippen LogP contribution in [0.25, 0.3) is 28.0 Å². The Balaban J connectivity index is 1.54. The molecule has 2 aromatic carbocycles. The number of anilines is 1. The second kappa shape index (κ2) is 10.2. The summed E-state index contributed by atoms with van der Waals surface area (Å²) in [4.78, 5) is 44.6. The van der Waals surface area contributed by atoms with E-state index in [1.54, 1.807) is 31.3 Å². The van der Waals surface area contributed by atoms with Gasteiger partial charge in [0.05, 0.1) is 30.8 Å². The third-order valence-corrected chi connectivity index (χ3v) is 6.40. The molecule has 188 valence electrons. The standard InChI is InChI=1S/C28H27N5O4/c1-31(2)27(35)22-5-3-4-21(14-22)25-16-29-26-24(30-18-34)15-23(17-33(25)26)19-6-8-20(9-7-19)28(36)32-10-12-37-13-11-32/h3-9,14-18H,10-13H2,1-2H3,(H,30,34). The molecular weight excluding hydrogens is 470 g/mol. The number of nitrogens with one attached hydrogen (secondary N) is 1. The number of carbonyl (C=O) groups is 3. The number of carbonyl (C=O) groups excluding carboxylic acids is 3. The number of hydrogen-bond donors (Lipinski definition) is 1. The lowest BCUT2D eigenvalue weighted by molar-refractivity contribution is -0.105. The van der Waals surface area contributed by atoms with Crippen molar-refractivity contribution in [1.82, 2.24) is 19.2 Å². The fourth-order valence-corrected chi connectivity index (χ4v) is 4.45. The Morgan fingerprint density at radius 2 is 1.73 bits per heavy atom. The van der Waals surface area contributed by atoms with E-state index in [1.165, 1.54) is 4.90 Å². The third kappa shape index (κ3) is 4.81. The van der Waals surface area contributed by atoms with Crippen molar-refractivity contribution >= 4 is 29.6 Å². The molecule has 0 saturated carbocycles. The summed E-state index contributed by atoms with van der Waals surface area (Å²) in [6.07, 6.45) is 4.28. The number of hydrogen-bond acceptors (Lipinski definition) is 5. The Morgan fingerprint density at radius 1 is 0.973 bits per heavy atom. The van der Waals surface area contributed by atoms with Crippen molar-refractivity contribution in [1.29, 1.82) is 0 Å². The normalized spacial score (nSPS) is 13.4. The molecule has 2 aromatic heterocycles. The monoisotopic (exact) mass is 497 g/mol. The number of morpholine rings is 1. The third-order valence-electron chi connectivity index (χ3n) is 6.40. The predicted octanol–water partition coefficient (Wildman–Crippen LogP) is 3.41. The summed E-state index contributed by atoms with van der Waals surface area (Å²) in [5, 5.41) is 2.75. The van der Waals surface area contributed by atoms with Crippen molar-refractivity contribution < 1.29 is 19.1 Å². The van der Waals surface area contributed by atoms with Crippen molar-refractivity contribution in [3.8, 4) is 22.4 Å². The molecule has 1 N–H and O–H groups in total. The van der Waals surface area contributed by atoms with Crippen molar-refractivity contribution in [2.75, 3.05) is 45.7 Å². The predicted molar refractivity (Wildman–Crippen MR) is 140 cm³/mol. The molecular formula is C28H27N5O4. The lowest BCUT2D eigenvalue weighted by Gasteiger charge is -2.26. The maximum absolute atomic E-state index is 12.8. The van der Waals surface area contributed by atoms with E-state index in [9.17, 15) is 14.4 Å². The molecule has 3 amide bonds. The minimum absolute atomic E-state index is 0.0161. The van der Waals surface area contributed by atoms with Gasteiger partial charge in [0, 0.05) is 55.6 Å². The second-order valence-electron chi connectivity index (χ2n) is 9.00. The summed E-state index contributed by atoms with van der Waals surface area (Å²) in [7, 11) is 3.43. The number of amides is 3. The van der Waals surface area contributed by atoms with E-state index in [1.807, 2.05) is 59.1 Å². The first-order chi connectivity index (χ1) is 18.0. The highest BCUT2D eigenvalue weighted by molar-refractivity contribution is 5.96. The first-order valence-corrected chi connectivity index (χ1v) is 12.0. The van der Waals surface area contributed by atoms with Crippen LogP contribution in [-0.4, -0.2) is 77.8 Å². The van der Waals surface area contributed by atoms with Crippen LogP contribution in [0, 0.1) is 0 Å². The van der Waals surface area contributed by atoms with Gasteiger partial charge >= 0.3 is 0 Å². The molecule has 3 heterocycles. The van der Waals surface area contributed by atoms with E-state index in [0.717, 1.165) is 22.4 Å². The topological polar surface area (TPSA) is 96.2 Å². The summed E-state index contributed by atoms with van der Waals surface area (Å²) in [6, 6.07) is 16.6. The molecule has 0 bridgehead atoms. The van der Waals surface area contributed by atoms with Gasteiger partial charge in [-0.3, -0.25) is 18.8 Å². The van der Waals surface area contributed by atoms with E-state index in [2.05, 4.69) is 10.3 Å². The van der Waals surface area contributed by atoms with Gasteiger partial charge < -0.3 is 19.9 Å². The number of fused-ring (bicyclic) bond motifs is 1. The second-order valence-corrected chi connectivity index (χ2v) is 9.00. The molecule has 0 unspecified atom stereocenters. The van der Waals surface area contributed by atoms with Crippen LogP contribution < -0.4 is 5.32 Å². The zero-order valence-electron chi connectivity index (χ0n) is 20.7. The summed E-state index contributed by atoms with van der Waals surface area (Å²) >= 11 is 0. The van der Waals surface area contributed by atoms with Crippen LogP contribution in [0.2, 0.25) is 0 Å². The van der Waals surface area contributed by atoms with Gasteiger partial charge in [-0.2, -0.15) is 0 Å².